The van der Waals surface area contributed by atoms with E-state index < -0.39 is 0 Å². The number of rotatable bonds is 0. The van der Waals surface area contributed by atoms with Gasteiger partial charge in [-0.15, -0.1) is 0 Å². The van der Waals surface area contributed by atoms with Gasteiger partial charge in [0.25, 0.3) is 0 Å². The molecule has 0 aliphatic carbocycles. The van der Waals surface area contributed by atoms with Crippen molar-refractivity contribution in [2.75, 3.05) is 13.6 Å². The third kappa shape index (κ3) is 1.01. The minimum absolute atomic E-state index is 0.443. The highest BCUT2D eigenvalue weighted by Crippen LogP contribution is 2.41. The van der Waals surface area contributed by atoms with Gasteiger partial charge in [-0.2, -0.15) is 0 Å². The van der Waals surface area contributed by atoms with Crippen molar-refractivity contribution in [3.8, 4) is 0 Å². The molecule has 1 aromatic rings. The van der Waals surface area contributed by atoms with Gasteiger partial charge in [-0.05, 0) is 38.6 Å². The molecule has 0 spiro atoms. The zero-order valence-electron chi connectivity index (χ0n) is 9.03. The van der Waals surface area contributed by atoms with Crippen molar-refractivity contribution in [3.05, 3.63) is 24.0 Å². The fourth-order valence-corrected chi connectivity index (χ4v) is 3.17. The molecular weight excluding hydrogens is 172 g/mol. The summed E-state index contributed by atoms with van der Waals surface area (Å²) in [6.45, 7) is 4.87. The summed E-state index contributed by atoms with van der Waals surface area (Å²) in [5.41, 5.74) is 2.00. The zero-order chi connectivity index (χ0) is 9.76. The van der Waals surface area contributed by atoms with Gasteiger partial charge >= 0.3 is 0 Å². The van der Waals surface area contributed by atoms with E-state index in [4.69, 9.17) is 0 Å². The minimum atomic E-state index is 0.443. The molecule has 0 radical (unpaired) electrons. The summed E-state index contributed by atoms with van der Waals surface area (Å²) < 4.78 is 2.45. The second-order valence-corrected chi connectivity index (χ2v) is 5.20. The molecule has 1 aromatic heterocycles. The van der Waals surface area contributed by atoms with Crippen molar-refractivity contribution in [1.82, 2.24) is 9.47 Å². The Balaban J connectivity index is 2.08. The third-order valence-electron chi connectivity index (χ3n) is 4.18. The van der Waals surface area contributed by atoms with Gasteiger partial charge in [-0.3, -0.25) is 0 Å². The zero-order valence-corrected chi connectivity index (χ0v) is 9.03. The number of nitrogens with zero attached hydrogens (tertiary/aromatic N) is 2. The molecule has 0 saturated carbocycles. The summed E-state index contributed by atoms with van der Waals surface area (Å²) in [7, 11) is 2.26. The fourth-order valence-electron chi connectivity index (χ4n) is 3.17. The normalized spacial score (nSPS) is 36.9. The highest BCUT2D eigenvalue weighted by atomic mass is 15.2. The van der Waals surface area contributed by atoms with Crippen LogP contribution in [0.4, 0.5) is 0 Å². The Labute approximate surface area is 85.5 Å². The molecule has 1 saturated heterocycles. The first-order valence-corrected chi connectivity index (χ1v) is 5.55. The van der Waals surface area contributed by atoms with Crippen molar-refractivity contribution in [1.29, 1.82) is 0 Å². The van der Waals surface area contributed by atoms with Crippen LogP contribution in [0.2, 0.25) is 0 Å². The van der Waals surface area contributed by atoms with Crippen LogP contribution in [0.1, 0.15) is 25.5 Å². The third-order valence-corrected chi connectivity index (χ3v) is 4.18. The van der Waals surface area contributed by atoms with Crippen molar-refractivity contribution in [2.24, 2.45) is 0 Å². The second kappa shape index (κ2) is 2.63. The molecular formula is C12H18N2. The first-order valence-electron chi connectivity index (χ1n) is 5.55. The van der Waals surface area contributed by atoms with Crippen molar-refractivity contribution < 1.29 is 0 Å². The molecule has 3 heterocycles. The van der Waals surface area contributed by atoms with Gasteiger partial charge < -0.3 is 9.47 Å². The van der Waals surface area contributed by atoms with Gasteiger partial charge in [0.05, 0.1) is 0 Å². The molecule has 2 bridgehead atoms. The summed E-state index contributed by atoms with van der Waals surface area (Å²) in [6.07, 6.45) is 4.89. The lowest BCUT2D eigenvalue weighted by Crippen LogP contribution is -2.52. The van der Waals surface area contributed by atoms with E-state index in [1.54, 1.807) is 5.69 Å². The van der Waals surface area contributed by atoms with Gasteiger partial charge in [-0.25, -0.2) is 0 Å². The standard InChI is InChI=1S/C12H18N2/c1-12-5-7-13(2)10(8-12)9-14-6-3-4-11(12)14/h3-4,6,10H,5,7-9H2,1-2H3/t10-,12?/m0/s1. The highest BCUT2D eigenvalue weighted by molar-refractivity contribution is 5.23. The maximum atomic E-state index is 2.52. The molecule has 3 rings (SSSR count). The molecule has 1 fully saturated rings. The average molecular weight is 190 g/mol. The summed E-state index contributed by atoms with van der Waals surface area (Å²) in [4.78, 5) is 2.52. The van der Waals surface area contributed by atoms with Gasteiger partial charge in [0.15, 0.2) is 0 Å². The Hall–Kier alpha value is -0.760. The summed E-state index contributed by atoms with van der Waals surface area (Å²) >= 11 is 0. The Bertz CT molecular complexity index is 355. The number of piperidine rings is 1. The van der Waals surface area contributed by atoms with Crippen molar-refractivity contribution >= 4 is 0 Å². The predicted molar refractivity (Wildman–Crippen MR) is 57.4 cm³/mol. The van der Waals surface area contributed by atoms with E-state index in [9.17, 15) is 0 Å². The van der Waals surface area contributed by atoms with E-state index in [0.29, 0.717) is 5.41 Å². The van der Waals surface area contributed by atoms with Gasteiger partial charge in [-0.1, -0.05) is 6.92 Å². The summed E-state index contributed by atoms with van der Waals surface area (Å²) in [5.74, 6) is 0. The maximum Gasteiger partial charge on any atom is 0.0378 e. The molecule has 76 valence electrons. The molecule has 2 atom stereocenters. The number of likely N-dealkylation sites (tertiary alicyclic amines) is 1. The van der Waals surface area contributed by atoms with Gasteiger partial charge in [0, 0.05) is 29.9 Å². The van der Waals surface area contributed by atoms with Gasteiger partial charge in [0.1, 0.15) is 0 Å². The topological polar surface area (TPSA) is 8.17 Å². The Kier molecular flexibility index (Phi) is 1.61. The van der Waals surface area contributed by atoms with Crippen molar-refractivity contribution in [2.45, 2.75) is 37.8 Å². The van der Waals surface area contributed by atoms with Crippen LogP contribution in [0.15, 0.2) is 18.3 Å². The van der Waals surface area contributed by atoms with Crippen LogP contribution < -0.4 is 0 Å². The maximum absolute atomic E-state index is 2.52. The fraction of sp³-hybridized carbons (Fsp3) is 0.667. The monoisotopic (exact) mass is 190 g/mol. The number of aromatic nitrogens is 1. The second-order valence-electron chi connectivity index (χ2n) is 5.20. The van der Waals surface area contributed by atoms with E-state index in [1.807, 2.05) is 0 Å². The summed E-state index contributed by atoms with van der Waals surface area (Å²) in [6, 6.07) is 5.26. The molecule has 0 N–H and O–H groups in total. The molecule has 1 unspecified atom stereocenters. The van der Waals surface area contributed by atoms with Crippen molar-refractivity contribution in [3.63, 3.8) is 0 Å². The largest absolute Gasteiger partial charge is 0.349 e. The number of fused-ring (bicyclic) bond motifs is 4. The Morgan fingerprint density at radius 3 is 3.21 bits per heavy atom. The molecule has 0 aromatic carbocycles. The lowest BCUT2D eigenvalue weighted by Gasteiger charge is -2.48. The SMILES string of the molecule is CN1CCC2(C)C[C@H]1Cn1cccc12. The van der Waals surface area contributed by atoms with Crippen LogP contribution in [-0.4, -0.2) is 29.1 Å². The molecule has 2 heteroatoms. The van der Waals surface area contributed by atoms with E-state index in [1.165, 1.54) is 25.9 Å². The number of likely N-dealkylation sites (N-methyl/N-ethyl adjacent to an activating group) is 1. The molecule has 2 nitrogen and oxygen atoms in total. The lowest BCUT2D eigenvalue weighted by molar-refractivity contribution is 0.0862. The predicted octanol–water partition coefficient (Wildman–Crippen LogP) is 1.85. The summed E-state index contributed by atoms with van der Waals surface area (Å²) in [5, 5.41) is 0. The van der Waals surface area contributed by atoms with Gasteiger partial charge in [0.2, 0.25) is 0 Å². The van der Waals surface area contributed by atoms with Crippen LogP contribution in [0.25, 0.3) is 0 Å². The average Bonchev–Trinajstić information content (AvgIpc) is 2.61. The Morgan fingerprint density at radius 2 is 2.36 bits per heavy atom. The minimum Gasteiger partial charge on any atom is -0.349 e. The van der Waals surface area contributed by atoms with Crippen LogP contribution in [-0.2, 0) is 12.0 Å². The molecule has 14 heavy (non-hydrogen) atoms. The van der Waals surface area contributed by atoms with E-state index in [-0.39, 0.29) is 0 Å². The Morgan fingerprint density at radius 1 is 1.50 bits per heavy atom. The number of hydrogen-bond acceptors (Lipinski definition) is 1. The van der Waals surface area contributed by atoms with Crippen LogP contribution in [0.3, 0.4) is 0 Å². The number of hydrogen-bond donors (Lipinski definition) is 0. The quantitative estimate of drug-likeness (QED) is 0.606. The molecule has 0 amide bonds. The van der Waals surface area contributed by atoms with E-state index in [2.05, 4.69) is 41.8 Å². The molecule has 2 aliphatic rings. The first-order chi connectivity index (χ1) is 6.69. The van der Waals surface area contributed by atoms with E-state index in [0.717, 1.165) is 6.04 Å². The molecule has 2 aliphatic heterocycles. The lowest BCUT2D eigenvalue weighted by atomic mass is 9.72. The smallest absolute Gasteiger partial charge is 0.0378 e. The highest BCUT2D eigenvalue weighted by Gasteiger charge is 2.41. The van der Waals surface area contributed by atoms with Crippen LogP contribution in [0, 0.1) is 0 Å². The first kappa shape index (κ1) is 8.54. The van der Waals surface area contributed by atoms with E-state index >= 15 is 0 Å². The van der Waals surface area contributed by atoms with Crippen LogP contribution >= 0.6 is 0 Å². The van der Waals surface area contributed by atoms with Crippen LogP contribution in [0.5, 0.6) is 0 Å².